The molecule has 0 amide bonds. The summed E-state index contributed by atoms with van der Waals surface area (Å²) in [6.07, 6.45) is -0.611. The minimum Gasteiger partial charge on any atom is -0.394 e. The normalized spacial score (nSPS) is 13.8. The molecule has 4 N–H and O–H groups in total. The van der Waals surface area contributed by atoms with Crippen molar-refractivity contribution in [2.24, 2.45) is 0 Å². The number of carbonyl (C=O) groups is 1. The molecule has 162 valence electrons. The summed E-state index contributed by atoms with van der Waals surface area (Å²) in [5.41, 5.74) is 0. The van der Waals surface area contributed by atoms with Gasteiger partial charge in [0.15, 0.2) is 0 Å². The number of nitrogens with zero attached hydrogens (tertiary/aromatic N) is 1. The molecule has 0 bridgehead atoms. The zero-order valence-corrected chi connectivity index (χ0v) is 15.9. The molecule has 0 aliphatic heterocycles. The van der Waals surface area contributed by atoms with Crippen LogP contribution in [0.5, 0.6) is 0 Å². The smallest absolute Gasteiger partial charge is 0.122 e. The van der Waals surface area contributed by atoms with Gasteiger partial charge in [0.25, 0.3) is 0 Å². The Hall–Kier alpha value is -0.690. The van der Waals surface area contributed by atoms with Gasteiger partial charge in [-0.25, -0.2) is 0 Å². The lowest BCUT2D eigenvalue weighted by Gasteiger charge is -2.26. The first-order valence-electron chi connectivity index (χ1n) is 9.18. The Morgan fingerprint density at radius 3 is 1.52 bits per heavy atom. The molecule has 27 heavy (non-hydrogen) atoms. The predicted molar refractivity (Wildman–Crippen MR) is 96.6 cm³/mol. The molecule has 0 heterocycles. The van der Waals surface area contributed by atoms with Crippen molar-refractivity contribution in [2.75, 3.05) is 85.7 Å². The first-order valence-corrected chi connectivity index (χ1v) is 9.18. The summed E-state index contributed by atoms with van der Waals surface area (Å²) in [4.78, 5) is 11.8. The molecule has 10 nitrogen and oxygen atoms in total. The Balaban J connectivity index is 3.51. The highest BCUT2D eigenvalue weighted by atomic mass is 16.6. The van der Waals surface area contributed by atoms with Gasteiger partial charge in [0.2, 0.25) is 0 Å². The first-order chi connectivity index (χ1) is 13.1. The average molecular weight is 397 g/mol. The molecule has 0 rings (SSSR count). The van der Waals surface area contributed by atoms with E-state index in [2.05, 4.69) is 0 Å². The molecule has 0 aliphatic carbocycles. The van der Waals surface area contributed by atoms with E-state index in [1.807, 2.05) is 0 Å². The fourth-order valence-electron chi connectivity index (χ4n) is 2.06. The van der Waals surface area contributed by atoms with Crippen molar-refractivity contribution in [3.8, 4) is 0 Å². The zero-order chi connectivity index (χ0) is 20.2. The fraction of sp³-hybridized carbons (Fsp3) is 0.941. The van der Waals surface area contributed by atoms with E-state index in [1.54, 1.807) is 4.90 Å². The van der Waals surface area contributed by atoms with Crippen LogP contribution in [0.4, 0.5) is 0 Å². The Morgan fingerprint density at radius 2 is 1.11 bits per heavy atom. The second-order valence-electron chi connectivity index (χ2n) is 5.84. The van der Waals surface area contributed by atoms with Crippen LogP contribution >= 0.6 is 0 Å². The maximum Gasteiger partial charge on any atom is 0.122 e. The van der Waals surface area contributed by atoms with Crippen LogP contribution in [-0.2, 0) is 23.7 Å². The van der Waals surface area contributed by atoms with E-state index in [4.69, 9.17) is 29.2 Å². The minimum absolute atomic E-state index is 0.184. The number of aldehydes is 1. The molecule has 10 heteroatoms. The second-order valence-corrected chi connectivity index (χ2v) is 5.84. The van der Waals surface area contributed by atoms with Gasteiger partial charge in [0.1, 0.15) is 6.29 Å². The van der Waals surface area contributed by atoms with Gasteiger partial charge in [0, 0.05) is 26.1 Å². The number of aliphatic hydroxyl groups excluding tert-OH is 4. The third kappa shape index (κ3) is 18.4. The number of aliphatic hydroxyl groups is 4. The van der Waals surface area contributed by atoms with Crippen LogP contribution in [0.25, 0.3) is 0 Å². The summed E-state index contributed by atoms with van der Waals surface area (Å²) in [7, 11) is 0. The number of hydrogen-bond donors (Lipinski definition) is 4. The van der Waals surface area contributed by atoms with Crippen molar-refractivity contribution in [3.63, 3.8) is 0 Å². The minimum atomic E-state index is -0.908. The van der Waals surface area contributed by atoms with Crippen molar-refractivity contribution in [2.45, 2.75) is 18.6 Å². The summed E-state index contributed by atoms with van der Waals surface area (Å²) < 4.78 is 21.2. The lowest BCUT2D eigenvalue weighted by atomic mass is 10.3. The van der Waals surface area contributed by atoms with Gasteiger partial charge in [-0.1, -0.05) is 0 Å². The Labute approximate surface area is 160 Å². The summed E-state index contributed by atoms with van der Waals surface area (Å²) in [5.74, 6) is 0. The van der Waals surface area contributed by atoms with Crippen molar-refractivity contribution in [1.29, 1.82) is 0 Å². The molecule has 2 unspecified atom stereocenters. The Morgan fingerprint density at radius 1 is 0.704 bits per heavy atom. The predicted octanol–water partition coefficient (Wildman–Crippen LogP) is -2.35. The molecule has 0 fully saturated rings. The topological polar surface area (TPSA) is 138 Å². The second kappa shape index (κ2) is 20.1. The summed E-state index contributed by atoms with van der Waals surface area (Å²) in [5, 5.41) is 36.8. The number of rotatable bonds is 21. The lowest BCUT2D eigenvalue weighted by molar-refractivity contribution is -0.108. The summed E-state index contributed by atoms with van der Waals surface area (Å²) in [6, 6.07) is 0. The maximum atomic E-state index is 10.1. The highest BCUT2D eigenvalue weighted by Crippen LogP contribution is 1.96. The van der Waals surface area contributed by atoms with Crippen molar-refractivity contribution in [3.05, 3.63) is 0 Å². The van der Waals surface area contributed by atoms with Gasteiger partial charge in [0.05, 0.1) is 78.3 Å². The SMILES string of the molecule is O=CCCOCCOCCOCCOCCN(CC(O)CO)CC(O)CO. The van der Waals surface area contributed by atoms with E-state index in [-0.39, 0.29) is 26.3 Å². The fourth-order valence-corrected chi connectivity index (χ4v) is 2.06. The van der Waals surface area contributed by atoms with Crippen LogP contribution in [0, 0.1) is 0 Å². The van der Waals surface area contributed by atoms with Crippen LogP contribution in [0.2, 0.25) is 0 Å². The van der Waals surface area contributed by atoms with E-state index < -0.39 is 12.2 Å². The molecule has 0 aromatic carbocycles. The Bertz CT molecular complexity index is 311. The van der Waals surface area contributed by atoms with E-state index in [1.165, 1.54) is 0 Å². The van der Waals surface area contributed by atoms with E-state index in [9.17, 15) is 15.0 Å². The first kappa shape index (κ1) is 26.3. The third-order valence-corrected chi connectivity index (χ3v) is 3.41. The van der Waals surface area contributed by atoms with Gasteiger partial charge in [-0.2, -0.15) is 0 Å². The number of ether oxygens (including phenoxy) is 4. The number of hydrogen-bond acceptors (Lipinski definition) is 10. The van der Waals surface area contributed by atoms with E-state index in [0.29, 0.717) is 65.8 Å². The van der Waals surface area contributed by atoms with Crippen LogP contribution in [0.1, 0.15) is 6.42 Å². The summed E-state index contributed by atoms with van der Waals surface area (Å²) in [6.45, 7) is 3.46. The van der Waals surface area contributed by atoms with E-state index >= 15 is 0 Å². The van der Waals surface area contributed by atoms with Gasteiger partial charge in [-0.3, -0.25) is 4.90 Å². The summed E-state index contributed by atoms with van der Waals surface area (Å²) >= 11 is 0. The molecule has 0 saturated heterocycles. The highest BCUT2D eigenvalue weighted by Gasteiger charge is 2.14. The quantitative estimate of drug-likeness (QED) is 0.123. The van der Waals surface area contributed by atoms with Crippen LogP contribution in [-0.4, -0.2) is 130 Å². The Kier molecular flexibility index (Phi) is 19.5. The average Bonchev–Trinajstić information content (AvgIpc) is 2.67. The van der Waals surface area contributed by atoms with Gasteiger partial charge in [-0.05, 0) is 0 Å². The van der Waals surface area contributed by atoms with Gasteiger partial charge < -0.3 is 44.2 Å². The van der Waals surface area contributed by atoms with Crippen molar-refractivity contribution >= 4 is 6.29 Å². The van der Waals surface area contributed by atoms with Gasteiger partial charge in [-0.15, -0.1) is 0 Å². The molecule has 0 aliphatic rings. The standard InChI is InChI=1S/C17H35NO9/c19-3-1-4-24-6-8-26-10-11-27-9-7-25-5-2-18(12-16(22)14-20)13-17(23)15-21/h3,16-17,20-23H,1-2,4-15H2. The molecule has 0 aromatic rings. The molecular formula is C17H35NO9. The zero-order valence-electron chi connectivity index (χ0n) is 15.9. The van der Waals surface area contributed by atoms with Crippen LogP contribution < -0.4 is 0 Å². The largest absolute Gasteiger partial charge is 0.394 e. The van der Waals surface area contributed by atoms with Gasteiger partial charge >= 0.3 is 0 Å². The lowest BCUT2D eigenvalue weighted by Crippen LogP contribution is -2.42. The molecule has 0 saturated carbocycles. The van der Waals surface area contributed by atoms with Crippen LogP contribution in [0.15, 0.2) is 0 Å². The molecule has 0 radical (unpaired) electrons. The van der Waals surface area contributed by atoms with Crippen molar-refractivity contribution in [1.82, 2.24) is 4.90 Å². The maximum absolute atomic E-state index is 10.1. The van der Waals surface area contributed by atoms with E-state index in [0.717, 1.165) is 6.29 Å². The molecule has 0 spiro atoms. The van der Waals surface area contributed by atoms with Crippen molar-refractivity contribution < 1.29 is 44.2 Å². The molecule has 0 aromatic heterocycles. The molecule has 2 atom stereocenters. The highest BCUT2D eigenvalue weighted by molar-refractivity contribution is 5.49. The monoisotopic (exact) mass is 397 g/mol. The van der Waals surface area contributed by atoms with Crippen LogP contribution in [0.3, 0.4) is 0 Å². The molecular weight excluding hydrogens is 362 g/mol. The number of carbonyl (C=O) groups excluding carboxylic acids is 1. The third-order valence-electron chi connectivity index (χ3n) is 3.41.